The summed E-state index contributed by atoms with van der Waals surface area (Å²) in [5.41, 5.74) is 1.41. The van der Waals surface area contributed by atoms with E-state index in [0.29, 0.717) is 6.04 Å². The Hall–Kier alpha value is -1.38. The largest absolute Gasteiger partial charge is 0.396 e. The zero-order valence-corrected chi connectivity index (χ0v) is 11.6. The molecule has 0 aromatic heterocycles. The van der Waals surface area contributed by atoms with Gasteiger partial charge in [0.15, 0.2) is 0 Å². The molecule has 1 aliphatic carbocycles. The lowest BCUT2D eigenvalue weighted by molar-refractivity contribution is 0.116. The second kappa shape index (κ2) is 4.62. The first kappa shape index (κ1) is 12.6. The maximum Gasteiger partial charge on any atom is 0.0505 e. The highest BCUT2D eigenvalue weighted by Crippen LogP contribution is 2.57. The Morgan fingerprint density at radius 3 is 2.42 bits per heavy atom. The molecule has 100 valence electrons. The molecule has 2 aromatic carbocycles. The van der Waals surface area contributed by atoms with Gasteiger partial charge in [-0.2, -0.15) is 0 Å². The molecule has 2 nitrogen and oxygen atoms in total. The van der Waals surface area contributed by atoms with Crippen LogP contribution < -0.4 is 0 Å². The summed E-state index contributed by atoms with van der Waals surface area (Å²) in [7, 11) is 4.23. The van der Waals surface area contributed by atoms with Crippen LogP contribution in [0.4, 0.5) is 0 Å². The lowest BCUT2D eigenvalue weighted by Crippen LogP contribution is -2.31. The van der Waals surface area contributed by atoms with Crippen molar-refractivity contribution in [3.63, 3.8) is 0 Å². The van der Waals surface area contributed by atoms with Crippen molar-refractivity contribution in [2.45, 2.75) is 18.9 Å². The van der Waals surface area contributed by atoms with Crippen LogP contribution in [0.15, 0.2) is 42.5 Å². The van der Waals surface area contributed by atoms with Crippen LogP contribution >= 0.6 is 0 Å². The van der Waals surface area contributed by atoms with Crippen LogP contribution in [0.5, 0.6) is 0 Å². The lowest BCUT2D eigenvalue weighted by Gasteiger charge is -2.33. The topological polar surface area (TPSA) is 23.5 Å². The van der Waals surface area contributed by atoms with Crippen LogP contribution in [0, 0.1) is 5.41 Å². The fourth-order valence-electron chi connectivity index (χ4n) is 3.32. The molecule has 2 aromatic rings. The molecule has 19 heavy (non-hydrogen) atoms. The molecule has 3 rings (SSSR count). The normalized spacial score (nSPS) is 18.7. The van der Waals surface area contributed by atoms with E-state index in [1.807, 2.05) is 0 Å². The van der Waals surface area contributed by atoms with Gasteiger partial charge in [-0.15, -0.1) is 0 Å². The van der Waals surface area contributed by atoms with Crippen molar-refractivity contribution in [1.82, 2.24) is 4.90 Å². The zero-order valence-electron chi connectivity index (χ0n) is 11.6. The van der Waals surface area contributed by atoms with Crippen molar-refractivity contribution in [3.05, 3.63) is 48.0 Å². The van der Waals surface area contributed by atoms with Gasteiger partial charge in [-0.3, -0.25) is 0 Å². The third-order valence-corrected chi connectivity index (χ3v) is 4.42. The highest BCUT2D eigenvalue weighted by Gasteiger charge is 2.50. The predicted molar refractivity (Wildman–Crippen MR) is 79.1 cm³/mol. The molecule has 1 N–H and O–H groups in total. The maximum absolute atomic E-state index is 9.78. The molecule has 0 radical (unpaired) electrons. The second-order valence-electron chi connectivity index (χ2n) is 5.96. The van der Waals surface area contributed by atoms with E-state index in [2.05, 4.69) is 61.5 Å². The van der Waals surface area contributed by atoms with Crippen LogP contribution in [0.2, 0.25) is 0 Å². The Kier molecular flexibility index (Phi) is 3.08. The number of hydrogen-bond donors (Lipinski definition) is 1. The van der Waals surface area contributed by atoms with Crippen molar-refractivity contribution in [1.29, 1.82) is 0 Å². The Morgan fingerprint density at radius 2 is 1.79 bits per heavy atom. The van der Waals surface area contributed by atoms with Crippen molar-refractivity contribution < 1.29 is 5.11 Å². The van der Waals surface area contributed by atoms with E-state index in [0.717, 1.165) is 12.8 Å². The summed E-state index contributed by atoms with van der Waals surface area (Å²) in [6.45, 7) is 0.277. The van der Waals surface area contributed by atoms with E-state index in [-0.39, 0.29) is 12.0 Å². The van der Waals surface area contributed by atoms with E-state index in [1.165, 1.54) is 16.3 Å². The van der Waals surface area contributed by atoms with Gasteiger partial charge in [0.05, 0.1) is 6.61 Å². The monoisotopic (exact) mass is 255 g/mol. The molecular weight excluding hydrogens is 234 g/mol. The first-order chi connectivity index (χ1) is 9.18. The second-order valence-corrected chi connectivity index (χ2v) is 5.96. The van der Waals surface area contributed by atoms with Crippen molar-refractivity contribution in [3.8, 4) is 0 Å². The van der Waals surface area contributed by atoms with Gasteiger partial charge in [0.1, 0.15) is 0 Å². The van der Waals surface area contributed by atoms with E-state index >= 15 is 0 Å². The minimum Gasteiger partial charge on any atom is -0.396 e. The summed E-state index contributed by atoms with van der Waals surface area (Å²) in [6, 6.07) is 15.3. The van der Waals surface area contributed by atoms with Crippen molar-refractivity contribution in [2.24, 2.45) is 5.41 Å². The molecular formula is C17H21NO. The summed E-state index contributed by atoms with van der Waals surface area (Å²) in [5.74, 6) is 0. The van der Waals surface area contributed by atoms with Gasteiger partial charge in [0, 0.05) is 11.5 Å². The summed E-state index contributed by atoms with van der Waals surface area (Å²) in [5, 5.41) is 12.4. The third-order valence-electron chi connectivity index (χ3n) is 4.42. The Bertz CT molecular complexity index is 581. The number of aliphatic hydroxyl groups excluding tert-OH is 1. The number of fused-ring (bicyclic) bond motifs is 1. The standard InChI is InChI=1S/C17H21NO/c1-18(2)16(17(12-19)10-11-17)15-9-5-7-13-6-3-4-8-14(13)15/h3-9,16,19H,10-12H2,1-2H3. The average molecular weight is 255 g/mol. The summed E-state index contributed by atoms with van der Waals surface area (Å²) < 4.78 is 0. The molecule has 1 saturated carbocycles. The fourth-order valence-corrected chi connectivity index (χ4v) is 3.32. The van der Waals surface area contributed by atoms with Gasteiger partial charge in [-0.05, 0) is 43.3 Å². The summed E-state index contributed by atoms with van der Waals surface area (Å²) in [6.07, 6.45) is 2.24. The highest BCUT2D eigenvalue weighted by molar-refractivity contribution is 5.86. The van der Waals surface area contributed by atoms with Gasteiger partial charge >= 0.3 is 0 Å². The number of nitrogens with zero attached hydrogens (tertiary/aromatic N) is 1. The fraction of sp³-hybridized carbons (Fsp3) is 0.412. The number of rotatable bonds is 4. The van der Waals surface area contributed by atoms with Crippen LogP contribution in [0.25, 0.3) is 10.8 Å². The Balaban J connectivity index is 2.16. The van der Waals surface area contributed by atoms with Gasteiger partial charge in [-0.25, -0.2) is 0 Å². The summed E-state index contributed by atoms with van der Waals surface area (Å²) in [4.78, 5) is 2.25. The minimum atomic E-state index is 0.0631. The van der Waals surface area contributed by atoms with Crippen LogP contribution in [-0.4, -0.2) is 30.7 Å². The van der Waals surface area contributed by atoms with Gasteiger partial charge in [0.25, 0.3) is 0 Å². The Labute approximate surface area is 114 Å². The molecule has 2 heteroatoms. The lowest BCUT2D eigenvalue weighted by atomic mass is 9.87. The summed E-state index contributed by atoms with van der Waals surface area (Å²) >= 11 is 0. The number of benzene rings is 2. The molecule has 0 aliphatic heterocycles. The van der Waals surface area contributed by atoms with Crippen molar-refractivity contribution in [2.75, 3.05) is 20.7 Å². The van der Waals surface area contributed by atoms with E-state index < -0.39 is 0 Å². The van der Waals surface area contributed by atoms with Gasteiger partial charge in [-0.1, -0.05) is 42.5 Å². The molecule has 0 heterocycles. The molecule has 1 fully saturated rings. The SMILES string of the molecule is CN(C)C(c1cccc2ccccc12)C1(CO)CC1. The molecule has 1 atom stereocenters. The third kappa shape index (κ3) is 2.05. The first-order valence-corrected chi connectivity index (χ1v) is 6.93. The molecule has 0 bridgehead atoms. The minimum absolute atomic E-state index is 0.0631. The molecule has 0 spiro atoms. The molecule has 0 saturated heterocycles. The Morgan fingerprint density at radius 1 is 1.11 bits per heavy atom. The predicted octanol–water partition coefficient (Wildman–Crippen LogP) is 3.22. The number of aliphatic hydroxyl groups is 1. The van der Waals surface area contributed by atoms with Crippen LogP contribution in [0.3, 0.4) is 0 Å². The highest BCUT2D eigenvalue weighted by atomic mass is 16.3. The van der Waals surface area contributed by atoms with E-state index in [9.17, 15) is 5.11 Å². The molecule has 1 aliphatic rings. The zero-order chi connectivity index (χ0) is 13.5. The number of hydrogen-bond acceptors (Lipinski definition) is 2. The van der Waals surface area contributed by atoms with Crippen LogP contribution in [-0.2, 0) is 0 Å². The van der Waals surface area contributed by atoms with Gasteiger partial charge < -0.3 is 10.0 Å². The average Bonchev–Trinajstić information content (AvgIpc) is 3.20. The quantitative estimate of drug-likeness (QED) is 0.906. The molecule has 1 unspecified atom stereocenters. The maximum atomic E-state index is 9.78. The van der Waals surface area contributed by atoms with E-state index in [4.69, 9.17) is 0 Å². The van der Waals surface area contributed by atoms with E-state index in [1.54, 1.807) is 0 Å². The first-order valence-electron chi connectivity index (χ1n) is 6.93. The smallest absolute Gasteiger partial charge is 0.0505 e. The molecule has 0 amide bonds. The van der Waals surface area contributed by atoms with Crippen LogP contribution in [0.1, 0.15) is 24.4 Å². The van der Waals surface area contributed by atoms with Crippen molar-refractivity contribution >= 4 is 10.8 Å². The van der Waals surface area contributed by atoms with Gasteiger partial charge in [0.2, 0.25) is 0 Å².